The van der Waals surface area contributed by atoms with Crippen molar-refractivity contribution in [3.05, 3.63) is 0 Å². The predicted molar refractivity (Wildman–Crippen MR) is 61.8 cm³/mol. The molecule has 1 fully saturated rings. The number of hydrogen-bond acceptors (Lipinski definition) is 3. The van der Waals surface area contributed by atoms with Gasteiger partial charge in [-0.15, -0.1) is 0 Å². The Bertz CT molecular complexity index is 218. The molecule has 0 saturated carbocycles. The quantitative estimate of drug-likeness (QED) is 0.714. The van der Waals surface area contributed by atoms with E-state index in [0.29, 0.717) is 18.4 Å². The Balaban J connectivity index is 2.43. The molecule has 0 aromatic carbocycles. The number of carbonyl (C=O) groups excluding carboxylic acids is 1. The van der Waals surface area contributed by atoms with E-state index in [1.807, 2.05) is 11.9 Å². The fraction of sp³-hybridized carbons (Fsp3) is 0.909. The van der Waals surface area contributed by atoms with Crippen LogP contribution in [0.5, 0.6) is 0 Å². The molecule has 0 bridgehead atoms. The SMILES string of the molecule is CNCCC(=O)N1CC(C)C(N(C)C)C1. The summed E-state index contributed by atoms with van der Waals surface area (Å²) in [5, 5.41) is 3.01. The Hall–Kier alpha value is -0.610. The predicted octanol–water partition coefficient (Wildman–Crippen LogP) is 0.00440. The van der Waals surface area contributed by atoms with Crippen LogP contribution < -0.4 is 5.32 Å². The van der Waals surface area contributed by atoms with Gasteiger partial charge in [0.2, 0.25) is 5.91 Å². The number of amides is 1. The molecule has 0 aromatic rings. The molecule has 0 aromatic heterocycles. The number of likely N-dealkylation sites (tertiary alicyclic amines) is 1. The van der Waals surface area contributed by atoms with Crippen molar-refractivity contribution >= 4 is 5.91 Å². The lowest BCUT2D eigenvalue weighted by Gasteiger charge is -2.22. The van der Waals surface area contributed by atoms with E-state index in [0.717, 1.165) is 19.6 Å². The van der Waals surface area contributed by atoms with E-state index in [1.165, 1.54) is 0 Å². The highest BCUT2D eigenvalue weighted by Gasteiger charge is 2.32. The van der Waals surface area contributed by atoms with E-state index >= 15 is 0 Å². The molecule has 1 aliphatic heterocycles. The van der Waals surface area contributed by atoms with E-state index in [4.69, 9.17) is 0 Å². The van der Waals surface area contributed by atoms with Gasteiger partial charge < -0.3 is 15.1 Å². The monoisotopic (exact) mass is 213 g/mol. The average molecular weight is 213 g/mol. The van der Waals surface area contributed by atoms with E-state index in [2.05, 4.69) is 31.2 Å². The fourth-order valence-corrected chi connectivity index (χ4v) is 2.22. The van der Waals surface area contributed by atoms with Crippen molar-refractivity contribution in [1.82, 2.24) is 15.1 Å². The molecule has 2 atom stereocenters. The molecule has 1 saturated heterocycles. The normalized spacial score (nSPS) is 26.3. The first-order chi connectivity index (χ1) is 7.06. The van der Waals surface area contributed by atoms with Crippen LogP contribution in [0.1, 0.15) is 13.3 Å². The number of likely N-dealkylation sites (N-methyl/N-ethyl adjacent to an activating group) is 1. The van der Waals surface area contributed by atoms with Crippen molar-refractivity contribution < 1.29 is 4.79 Å². The van der Waals surface area contributed by atoms with Gasteiger partial charge in [0, 0.05) is 32.1 Å². The van der Waals surface area contributed by atoms with E-state index < -0.39 is 0 Å². The third-order valence-electron chi connectivity index (χ3n) is 3.18. The first kappa shape index (κ1) is 12.5. The summed E-state index contributed by atoms with van der Waals surface area (Å²) >= 11 is 0. The number of carbonyl (C=O) groups is 1. The summed E-state index contributed by atoms with van der Waals surface area (Å²) in [4.78, 5) is 16.0. The molecule has 1 N–H and O–H groups in total. The summed E-state index contributed by atoms with van der Waals surface area (Å²) in [6.07, 6.45) is 0.614. The van der Waals surface area contributed by atoms with E-state index in [1.54, 1.807) is 0 Å². The van der Waals surface area contributed by atoms with Gasteiger partial charge in [0.25, 0.3) is 0 Å². The summed E-state index contributed by atoms with van der Waals surface area (Å²) in [6, 6.07) is 0.517. The zero-order chi connectivity index (χ0) is 11.4. The van der Waals surface area contributed by atoms with Crippen LogP contribution in [0.3, 0.4) is 0 Å². The zero-order valence-corrected chi connectivity index (χ0v) is 10.3. The Morgan fingerprint density at radius 2 is 2.13 bits per heavy atom. The van der Waals surface area contributed by atoms with Crippen molar-refractivity contribution in [2.24, 2.45) is 5.92 Å². The second-order valence-electron chi connectivity index (χ2n) is 4.66. The first-order valence-electron chi connectivity index (χ1n) is 5.65. The van der Waals surface area contributed by atoms with E-state index in [-0.39, 0.29) is 5.91 Å². The second-order valence-corrected chi connectivity index (χ2v) is 4.66. The third-order valence-corrected chi connectivity index (χ3v) is 3.18. The molecule has 2 unspecified atom stereocenters. The summed E-state index contributed by atoms with van der Waals surface area (Å²) in [7, 11) is 6.05. The molecule has 0 spiro atoms. The molecule has 1 aliphatic rings. The lowest BCUT2D eigenvalue weighted by Crippen LogP contribution is -2.36. The molecular formula is C11H23N3O. The van der Waals surface area contributed by atoms with Crippen LogP contribution in [-0.4, -0.2) is 62.5 Å². The number of rotatable bonds is 4. The summed E-state index contributed by atoms with van der Waals surface area (Å²) < 4.78 is 0. The lowest BCUT2D eigenvalue weighted by molar-refractivity contribution is -0.130. The van der Waals surface area contributed by atoms with Crippen molar-refractivity contribution in [2.75, 3.05) is 40.8 Å². The number of hydrogen-bond donors (Lipinski definition) is 1. The van der Waals surface area contributed by atoms with Crippen LogP contribution in [0.2, 0.25) is 0 Å². The van der Waals surface area contributed by atoms with Gasteiger partial charge in [0.05, 0.1) is 0 Å². The topological polar surface area (TPSA) is 35.6 Å². The van der Waals surface area contributed by atoms with Crippen LogP contribution in [-0.2, 0) is 4.79 Å². The molecule has 88 valence electrons. The summed E-state index contributed by atoms with van der Waals surface area (Å²) in [5.74, 6) is 0.860. The minimum absolute atomic E-state index is 0.278. The molecule has 1 rings (SSSR count). The Morgan fingerprint density at radius 1 is 1.47 bits per heavy atom. The van der Waals surface area contributed by atoms with Crippen LogP contribution in [0.15, 0.2) is 0 Å². The lowest BCUT2D eigenvalue weighted by atomic mass is 10.1. The molecular weight excluding hydrogens is 190 g/mol. The standard InChI is InChI=1S/C11H23N3O/c1-9-7-14(8-10(9)13(3)4)11(15)5-6-12-2/h9-10,12H,5-8H2,1-4H3. The Labute approximate surface area is 92.6 Å². The minimum atomic E-state index is 0.278. The molecule has 1 amide bonds. The van der Waals surface area contributed by atoms with Gasteiger partial charge in [0.15, 0.2) is 0 Å². The first-order valence-corrected chi connectivity index (χ1v) is 5.65. The average Bonchev–Trinajstić information content (AvgIpc) is 2.56. The van der Waals surface area contributed by atoms with Crippen LogP contribution in [0.25, 0.3) is 0 Å². The third kappa shape index (κ3) is 3.18. The Morgan fingerprint density at radius 3 is 2.60 bits per heavy atom. The second kappa shape index (κ2) is 5.47. The maximum Gasteiger partial charge on any atom is 0.223 e. The van der Waals surface area contributed by atoms with Gasteiger partial charge in [-0.3, -0.25) is 4.79 Å². The minimum Gasteiger partial charge on any atom is -0.341 e. The maximum atomic E-state index is 11.8. The van der Waals surface area contributed by atoms with Crippen LogP contribution in [0.4, 0.5) is 0 Å². The van der Waals surface area contributed by atoms with Gasteiger partial charge in [0.1, 0.15) is 0 Å². The van der Waals surface area contributed by atoms with Crippen LogP contribution >= 0.6 is 0 Å². The number of nitrogens with one attached hydrogen (secondary N) is 1. The van der Waals surface area contributed by atoms with Crippen LogP contribution in [0, 0.1) is 5.92 Å². The molecule has 0 radical (unpaired) electrons. The largest absolute Gasteiger partial charge is 0.341 e. The van der Waals surface area contributed by atoms with Gasteiger partial charge >= 0.3 is 0 Å². The molecule has 4 nitrogen and oxygen atoms in total. The molecule has 15 heavy (non-hydrogen) atoms. The molecule has 1 heterocycles. The zero-order valence-electron chi connectivity index (χ0n) is 10.3. The molecule has 4 heteroatoms. The van der Waals surface area contributed by atoms with Crippen molar-refractivity contribution in [3.8, 4) is 0 Å². The van der Waals surface area contributed by atoms with Crippen molar-refractivity contribution in [3.63, 3.8) is 0 Å². The van der Waals surface area contributed by atoms with Crippen molar-refractivity contribution in [2.45, 2.75) is 19.4 Å². The smallest absolute Gasteiger partial charge is 0.223 e. The number of nitrogens with zero attached hydrogens (tertiary/aromatic N) is 2. The van der Waals surface area contributed by atoms with Gasteiger partial charge in [-0.25, -0.2) is 0 Å². The van der Waals surface area contributed by atoms with E-state index in [9.17, 15) is 4.79 Å². The highest BCUT2D eigenvalue weighted by Crippen LogP contribution is 2.20. The summed E-state index contributed by atoms with van der Waals surface area (Å²) in [6.45, 7) is 4.79. The molecule has 0 aliphatic carbocycles. The maximum absolute atomic E-state index is 11.8. The van der Waals surface area contributed by atoms with Crippen molar-refractivity contribution in [1.29, 1.82) is 0 Å². The van der Waals surface area contributed by atoms with Gasteiger partial charge in [-0.1, -0.05) is 6.92 Å². The van der Waals surface area contributed by atoms with Gasteiger partial charge in [-0.2, -0.15) is 0 Å². The highest BCUT2D eigenvalue weighted by molar-refractivity contribution is 5.76. The fourth-order valence-electron chi connectivity index (χ4n) is 2.22. The van der Waals surface area contributed by atoms with Gasteiger partial charge in [-0.05, 0) is 27.1 Å². The Kier molecular flexibility index (Phi) is 4.54. The highest BCUT2D eigenvalue weighted by atomic mass is 16.2. The summed E-state index contributed by atoms with van der Waals surface area (Å²) in [5.41, 5.74) is 0.